The van der Waals surface area contributed by atoms with Gasteiger partial charge in [-0.15, -0.1) is 0 Å². The third kappa shape index (κ3) is 3.89. The van der Waals surface area contributed by atoms with E-state index in [0.717, 1.165) is 5.56 Å². The first kappa shape index (κ1) is 16.6. The largest absolute Gasteiger partial charge is 0.179 e. The Kier molecular flexibility index (Phi) is 5.50. The first-order chi connectivity index (χ1) is 9.96. The topological polar surface area (TPSA) is 24.7 Å². The Morgan fingerprint density at radius 2 is 1.57 bits per heavy atom. The number of alkyl halides is 1. The zero-order valence-electron chi connectivity index (χ0n) is 11.2. The van der Waals surface area contributed by atoms with Crippen molar-refractivity contribution in [3.63, 3.8) is 0 Å². The van der Waals surface area contributed by atoms with Gasteiger partial charge in [0.15, 0.2) is 5.00 Å². The third-order valence-electron chi connectivity index (χ3n) is 2.97. The van der Waals surface area contributed by atoms with Crippen molar-refractivity contribution in [3.8, 4) is 0 Å². The van der Waals surface area contributed by atoms with Gasteiger partial charge in [-0.3, -0.25) is 0 Å². The van der Waals surface area contributed by atoms with Crippen LogP contribution in [0.1, 0.15) is 18.9 Å². The highest BCUT2D eigenvalue weighted by Crippen LogP contribution is 2.40. The normalized spacial score (nSPS) is 14.3. The summed E-state index contributed by atoms with van der Waals surface area (Å²) in [5.74, 6) is 0. The summed E-state index contributed by atoms with van der Waals surface area (Å²) in [6, 6.07) is 12.7. The lowest BCUT2D eigenvalue weighted by molar-refractivity contribution is 0.588. The second-order valence-electron chi connectivity index (χ2n) is 4.40. The highest BCUT2D eigenvalue weighted by Gasteiger charge is 2.27. The molecule has 2 rings (SSSR count). The molecule has 0 radical (unpaired) electrons. The fraction of sp³-hybridized carbons (Fsp3) is 0.200. The zero-order valence-corrected chi connectivity index (χ0v) is 14.2. The van der Waals surface area contributed by atoms with E-state index in [4.69, 9.17) is 46.4 Å². The molecule has 21 heavy (non-hydrogen) atoms. The van der Waals surface area contributed by atoms with Crippen molar-refractivity contribution in [2.45, 2.75) is 18.3 Å². The highest BCUT2D eigenvalue weighted by atomic mass is 35.5. The van der Waals surface area contributed by atoms with E-state index in [-0.39, 0.29) is 0 Å². The quantitative estimate of drug-likeness (QED) is 0.311. The molecule has 2 aromatic carbocycles. The molecule has 0 saturated heterocycles. The molecule has 1 atom stereocenters. The Morgan fingerprint density at radius 3 is 2.10 bits per heavy atom. The van der Waals surface area contributed by atoms with Crippen LogP contribution in [0.5, 0.6) is 0 Å². The standard InChI is InChI=1S/C15H12Cl4N2/c1-2-15(19,10-6-4-3-5-7-10)21-20-14-12(17)8-11(16)9-13(14)18/h3-9H,2H2,1H3. The molecule has 0 saturated carbocycles. The average Bonchev–Trinajstić information content (AvgIpc) is 2.46. The van der Waals surface area contributed by atoms with Crippen LogP contribution in [-0.2, 0) is 5.00 Å². The third-order valence-corrected chi connectivity index (χ3v) is 4.33. The molecular weight excluding hydrogens is 350 g/mol. The van der Waals surface area contributed by atoms with Crippen molar-refractivity contribution in [2.24, 2.45) is 10.2 Å². The summed E-state index contributed by atoms with van der Waals surface area (Å²) in [4.78, 5) is -0.951. The molecule has 0 heterocycles. The van der Waals surface area contributed by atoms with Gasteiger partial charge in [-0.25, -0.2) is 0 Å². The van der Waals surface area contributed by atoms with Gasteiger partial charge in [0, 0.05) is 5.02 Å². The first-order valence-corrected chi connectivity index (χ1v) is 7.79. The van der Waals surface area contributed by atoms with Crippen LogP contribution in [0, 0.1) is 0 Å². The molecule has 0 fully saturated rings. The summed E-state index contributed by atoms with van der Waals surface area (Å²) >= 11 is 24.6. The van der Waals surface area contributed by atoms with Gasteiger partial charge in [-0.2, -0.15) is 10.2 Å². The number of azo groups is 1. The van der Waals surface area contributed by atoms with Gasteiger partial charge in [-0.1, -0.05) is 83.7 Å². The van der Waals surface area contributed by atoms with Crippen LogP contribution in [0.25, 0.3) is 0 Å². The monoisotopic (exact) mass is 360 g/mol. The van der Waals surface area contributed by atoms with Crippen molar-refractivity contribution < 1.29 is 0 Å². The molecule has 0 aliphatic heterocycles. The molecule has 1 unspecified atom stereocenters. The Balaban J connectivity index is 2.39. The molecule has 0 aliphatic carbocycles. The van der Waals surface area contributed by atoms with Crippen LogP contribution >= 0.6 is 46.4 Å². The Morgan fingerprint density at radius 1 is 1.00 bits per heavy atom. The van der Waals surface area contributed by atoms with Gasteiger partial charge >= 0.3 is 0 Å². The van der Waals surface area contributed by atoms with Crippen molar-refractivity contribution in [2.75, 3.05) is 0 Å². The van der Waals surface area contributed by atoms with Crippen molar-refractivity contribution in [1.29, 1.82) is 0 Å². The minimum Gasteiger partial charge on any atom is -0.160 e. The lowest BCUT2D eigenvalue weighted by atomic mass is 10.1. The van der Waals surface area contributed by atoms with E-state index < -0.39 is 5.00 Å². The smallest absolute Gasteiger partial charge is 0.160 e. The maximum atomic E-state index is 6.56. The summed E-state index contributed by atoms with van der Waals surface area (Å²) in [5, 5.41) is 9.49. The molecular formula is C15H12Cl4N2. The summed E-state index contributed by atoms with van der Waals surface area (Å²) in [5.41, 5.74) is 1.22. The molecule has 2 aromatic rings. The van der Waals surface area contributed by atoms with Gasteiger partial charge in [0.05, 0.1) is 10.0 Å². The van der Waals surface area contributed by atoms with Crippen molar-refractivity contribution in [3.05, 3.63) is 63.1 Å². The molecule has 0 bridgehead atoms. The number of nitrogens with zero attached hydrogens (tertiary/aromatic N) is 2. The number of benzene rings is 2. The van der Waals surface area contributed by atoms with Crippen LogP contribution < -0.4 is 0 Å². The lowest BCUT2D eigenvalue weighted by Gasteiger charge is -2.19. The molecule has 0 N–H and O–H groups in total. The maximum Gasteiger partial charge on any atom is 0.179 e. The van der Waals surface area contributed by atoms with Gasteiger partial charge in [0.1, 0.15) is 5.69 Å². The van der Waals surface area contributed by atoms with Crippen molar-refractivity contribution >= 4 is 52.1 Å². The fourth-order valence-electron chi connectivity index (χ4n) is 1.79. The minimum atomic E-state index is -0.951. The van der Waals surface area contributed by atoms with E-state index in [9.17, 15) is 0 Å². The van der Waals surface area contributed by atoms with Gasteiger partial charge < -0.3 is 0 Å². The first-order valence-electron chi connectivity index (χ1n) is 6.28. The summed E-state index contributed by atoms with van der Waals surface area (Å²) in [7, 11) is 0. The minimum absolute atomic E-state index is 0.333. The van der Waals surface area contributed by atoms with Crippen LogP contribution in [0.3, 0.4) is 0 Å². The lowest BCUT2D eigenvalue weighted by Crippen LogP contribution is -2.13. The van der Waals surface area contributed by atoms with E-state index in [1.165, 1.54) is 0 Å². The predicted molar refractivity (Wildman–Crippen MR) is 90.3 cm³/mol. The Bertz CT molecular complexity index is 635. The van der Waals surface area contributed by atoms with Gasteiger partial charge in [0.2, 0.25) is 0 Å². The van der Waals surface area contributed by atoms with E-state index in [2.05, 4.69) is 10.2 Å². The summed E-state index contributed by atoms with van der Waals surface area (Å²) < 4.78 is 0. The van der Waals surface area contributed by atoms with Gasteiger partial charge in [-0.05, 0) is 24.1 Å². The fourth-order valence-corrected chi connectivity index (χ4v) is 2.84. The number of rotatable bonds is 4. The van der Waals surface area contributed by atoms with E-state index in [1.807, 2.05) is 37.3 Å². The second kappa shape index (κ2) is 6.97. The molecule has 6 heteroatoms. The highest BCUT2D eigenvalue weighted by molar-refractivity contribution is 6.41. The van der Waals surface area contributed by atoms with Crippen LogP contribution in [0.4, 0.5) is 5.69 Å². The van der Waals surface area contributed by atoms with Crippen molar-refractivity contribution in [1.82, 2.24) is 0 Å². The molecule has 110 valence electrons. The molecule has 0 spiro atoms. The average molecular weight is 362 g/mol. The van der Waals surface area contributed by atoms with Crippen LogP contribution in [0.15, 0.2) is 52.7 Å². The molecule has 0 amide bonds. The number of halogens is 4. The Hall–Kier alpha value is -0.800. The van der Waals surface area contributed by atoms with E-state index in [1.54, 1.807) is 12.1 Å². The van der Waals surface area contributed by atoms with E-state index in [0.29, 0.717) is 27.2 Å². The second-order valence-corrected chi connectivity index (χ2v) is 6.27. The molecule has 0 aliphatic rings. The summed E-state index contributed by atoms with van der Waals surface area (Å²) in [6.07, 6.45) is 0.574. The Labute approximate surface area is 143 Å². The van der Waals surface area contributed by atoms with Crippen LogP contribution in [-0.4, -0.2) is 0 Å². The SMILES string of the molecule is CCC(Cl)(N=Nc1c(Cl)cc(Cl)cc1Cl)c1ccccc1. The molecule has 2 nitrogen and oxygen atoms in total. The predicted octanol–water partition coefficient (Wildman–Crippen LogP) is 7.23. The number of hydrogen-bond acceptors (Lipinski definition) is 2. The zero-order chi connectivity index (χ0) is 15.5. The van der Waals surface area contributed by atoms with E-state index >= 15 is 0 Å². The van der Waals surface area contributed by atoms with Gasteiger partial charge in [0.25, 0.3) is 0 Å². The summed E-state index contributed by atoms with van der Waals surface area (Å²) in [6.45, 7) is 1.93. The maximum absolute atomic E-state index is 6.56. The number of hydrogen-bond donors (Lipinski definition) is 0. The van der Waals surface area contributed by atoms with Crippen LogP contribution in [0.2, 0.25) is 15.1 Å². The molecule has 0 aromatic heterocycles.